The molecule has 1 N–H and O–H groups in total. The third kappa shape index (κ3) is 1.36. The highest BCUT2D eigenvalue weighted by Gasteiger charge is 2.10. The van der Waals surface area contributed by atoms with Crippen molar-refractivity contribution in [3.8, 4) is 0 Å². The molecule has 0 atom stereocenters. The summed E-state index contributed by atoms with van der Waals surface area (Å²) in [5.41, 5.74) is 3.66. The average molecular weight is 215 g/mol. The number of aromatic nitrogens is 1. The largest absolute Gasteiger partial charge is 0.321 e. The number of pyridine rings is 1. The van der Waals surface area contributed by atoms with Crippen molar-refractivity contribution in [2.45, 2.75) is 20.8 Å². The van der Waals surface area contributed by atoms with E-state index < -0.39 is 0 Å². The van der Waals surface area contributed by atoms with Crippen LogP contribution in [0.2, 0.25) is 0 Å². The van der Waals surface area contributed by atoms with Gasteiger partial charge in [-0.1, -0.05) is 12.1 Å². The number of aromatic amines is 1. The number of nitrogens with one attached hydrogen (secondary N) is 1. The first kappa shape index (κ1) is 10.6. The fourth-order valence-electron chi connectivity index (χ4n) is 1.93. The molecule has 1 aromatic heterocycles. The van der Waals surface area contributed by atoms with Gasteiger partial charge < -0.3 is 4.98 Å². The van der Waals surface area contributed by atoms with Crippen LogP contribution in [0.1, 0.15) is 27.0 Å². The van der Waals surface area contributed by atoms with E-state index in [2.05, 4.69) is 4.98 Å². The van der Waals surface area contributed by atoms with Crippen LogP contribution < -0.4 is 5.56 Å². The summed E-state index contributed by atoms with van der Waals surface area (Å²) < 4.78 is 0. The molecule has 0 saturated heterocycles. The SMILES string of the molecule is Cc1ccc2c(C)c(C=O)c(=O)[nH]c2c1C. The Morgan fingerprint density at radius 1 is 1.12 bits per heavy atom. The van der Waals surface area contributed by atoms with Crippen LogP contribution in [-0.2, 0) is 0 Å². The lowest BCUT2D eigenvalue weighted by Gasteiger charge is -2.09. The number of H-pyrrole nitrogens is 1. The van der Waals surface area contributed by atoms with E-state index >= 15 is 0 Å². The molecule has 0 saturated carbocycles. The molecule has 0 bridgehead atoms. The van der Waals surface area contributed by atoms with E-state index in [9.17, 15) is 9.59 Å². The number of rotatable bonds is 1. The van der Waals surface area contributed by atoms with Crippen molar-refractivity contribution in [1.29, 1.82) is 0 Å². The van der Waals surface area contributed by atoms with Crippen LogP contribution in [0.4, 0.5) is 0 Å². The quantitative estimate of drug-likeness (QED) is 0.742. The summed E-state index contributed by atoms with van der Waals surface area (Å²) in [6.45, 7) is 5.76. The summed E-state index contributed by atoms with van der Waals surface area (Å²) in [7, 11) is 0. The maximum atomic E-state index is 11.7. The van der Waals surface area contributed by atoms with Crippen LogP contribution in [0, 0.1) is 20.8 Å². The molecule has 0 radical (unpaired) electrons. The predicted molar refractivity (Wildman–Crippen MR) is 64.2 cm³/mol. The molecule has 3 heteroatoms. The van der Waals surface area contributed by atoms with Gasteiger partial charge in [0.25, 0.3) is 5.56 Å². The lowest BCUT2D eigenvalue weighted by molar-refractivity contribution is 0.112. The van der Waals surface area contributed by atoms with E-state index in [4.69, 9.17) is 0 Å². The maximum absolute atomic E-state index is 11.7. The van der Waals surface area contributed by atoms with Crippen LogP contribution in [0.3, 0.4) is 0 Å². The molecular formula is C13H13NO2. The highest BCUT2D eigenvalue weighted by Crippen LogP contribution is 2.22. The van der Waals surface area contributed by atoms with Gasteiger partial charge in [0.1, 0.15) is 0 Å². The van der Waals surface area contributed by atoms with Crippen LogP contribution >= 0.6 is 0 Å². The molecule has 16 heavy (non-hydrogen) atoms. The Bertz CT molecular complexity index is 638. The zero-order valence-electron chi connectivity index (χ0n) is 9.55. The molecule has 0 aliphatic heterocycles. The van der Waals surface area contributed by atoms with Crippen LogP contribution in [-0.4, -0.2) is 11.3 Å². The number of aldehydes is 1. The van der Waals surface area contributed by atoms with E-state index in [0.717, 1.165) is 27.6 Å². The summed E-state index contributed by atoms with van der Waals surface area (Å²) in [5, 5.41) is 0.935. The van der Waals surface area contributed by atoms with Crippen molar-refractivity contribution >= 4 is 17.2 Å². The van der Waals surface area contributed by atoms with Crippen molar-refractivity contribution in [3.63, 3.8) is 0 Å². The fourth-order valence-corrected chi connectivity index (χ4v) is 1.93. The minimum absolute atomic E-state index is 0.218. The summed E-state index contributed by atoms with van der Waals surface area (Å²) in [6, 6.07) is 3.94. The Morgan fingerprint density at radius 3 is 2.44 bits per heavy atom. The van der Waals surface area contributed by atoms with E-state index in [1.165, 1.54) is 0 Å². The van der Waals surface area contributed by atoms with Crippen molar-refractivity contribution < 1.29 is 4.79 Å². The lowest BCUT2D eigenvalue weighted by Crippen LogP contribution is -2.14. The number of carbonyl (C=O) groups excluding carboxylic acids is 1. The molecule has 2 aromatic rings. The van der Waals surface area contributed by atoms with Crippen LogP contribution in [0.15, 0.2) is 16.9 Å². The number of hydrogen-bond acceptors (Lipinski definition) is 2. The minimum atomic E-state index is -0.311. The van der Waals surface area contributed by atoms with Gasteiger partial charge in [-0.3, -0.25) is 9.59 Å². The second-order valence-electron chi connectivity index (χ2n) is 4.04. The van der Waals surface area contributed by atoms with Gasteiger partial charge in [-0.25, -0.2) is 0 Å². The molecule has 0 aliphatic carbocycles. The van der Waals surface area contributed by atoms with E-state index in [1.807, 2.05) is 26.0 Å². The molecule has 2 rings (SSSR count). The Morgan fingerprint density at radius 2 is 1.81 bits per heavy atom. The normalized spacial score (nSPS) is 10.7. The van der Waals surface area contributed by atoms with Crippen molar-refractivity contribution in [2.24, 2.45) is 0 Å². The first-order chi connectivity index (χ1) is 7.56. The van der Waals surface area contributed by atoms with Crippen LogP contribution in [0.5, 0.6) is 0 Å². The molecule has 0 aliphatic rings. The molecule has 0 unspecified atom stereocenters. The maximum Gasteiger partial charge on any atom is 0.259 e. The Labute approximate surface area is 93.1 Å². The zero-order valence-corrected chi connectivity index (χ0v) is 9.55. The first-order valence-electron chi connectivity index (χ1n) is 5.14. The fraction of sp³-hybridized carbons (Fsp3) is 0.231. The molecule has 1 heterocycles. The van der Waals surface area contributed by atoms with Gasteiger partial charge in [-0.15, -0.1) is 0 Å². The average Bonchev–Trinajstić information content (AvgIpc) is 2.25. The molecule has 0 spiro atoms. The number of hydrogen-bond donors (Lipinski definition) is 1. The topological polar surface area (TPSA) is 49.9 Å². The van der Waals surface area contributed by atoms with Gasteiger partial charge in [0.2, 0.25) is 0 Å². The second-order valence-corrected chi connectivity index (χ2v) is 4.04. The zero-order chi connectivity index (χ0) is 11.9. The van der Waals surface area contributed by atoms with E-state index in [-0.39, 0.29) is 11.1 Å². The summed E-state index contributed by atoms with van der Waals surface area (Å²) >= 11 is 0. The third-order valence-electron chi connectivity index (χ3n) is 3.14. The lowest BCUT2D eigenvalue weighted by atomic mass is 10.00. The molecule has 1 aromatic carbocycles. The van der Waals surface area contributed by atoms with Crippen molar-refractivity contribution in [2.75, 3.05) is 0 Å². The van der Waals surface area contributed by atoms with Gasteiger partial charge in [-0.2, -0.15) is 0 Å². The molecule has 82 valence electrons. The Kier molecular flexibility index (Phi) is 2.38. The van der Waals surface area contributed by atoms with Gasteiger partial charge in [-0.05, 0) is 37.5 Å². The second kappa shape index (κ2) is 3.59. The summed E-state index contributed by atoms with van der Waals surface area (Å²) in [6.07, 6.45) is 0.614. The molecule has 0 amide bonds. The third-order valence-corrected chi connectivity index (χ3v) is 3.14. The number of aryl methyl sites for hydroxylation is 3. The summed E-state index contributed by atoms with van der Waals surface area (Å²) in [5.74, 6) is 0. The van der Waals surface area contributed by atoms with E-state index in [1.54, 1.807) is 6.92 Å². The monoisotopic (exact) mass is 215 g/mol. The van der Waals surface area contributed by atoms with Gasteiger partial charge in [0.15, 0.2) is 6.29 Å². The van der Waals surface area contributed by atoms with Crippen LogP contribution in [0.25, 0.3) is 10.9 Å². The highest BCUT2D eigenvalue weighted by atomic mass is 16.1. The minimum Gasteiger partial charge on any atom is -0.321 e. The summed E-state index contributed by atoms with van der Waals surface area (Å²) in [4.78, 5) is 25.3. The molecule has 0 fully saturated rings. The van der Waals surface area contributed by atoms with E-state index in [0.29, 0.717) is 6.29 Å². The predicted octanol–water partition coefficient (Wildman–Crippen LogP) is 2.27. The van der Waals surface area contributed by atoms with Gasteiger partial charge in [0.05, 0.1) is 11.1 Å². The molecule has 3 nitrogen and oxygen atoms in total. The van der Waals surface area contributed by atoms with Gasteiger partial charge in [0, 0.05) is 5.39 Å². The van der Waals surface area contributed by atoms with Crippen molar-refractivity contribution in [1.82, 2.24) is 4.98 Å². The highest BCUT2D eigenvalue weighted by molar-refractivity contribution is 5.91. The van der Waals surface area contributed by atoms with Crippen molar-refractivity contribution in [3.05, 3.63) is 44.7 Å². The smallest absolute Gasteiger partial charge is 0.259 e. The Hall–Kier alpha value is -1.90. The Balaban J connectivity index is 3.04. The standard InChI is InChI=1S/C13H13NO2/c1-7-4-5-10-9(3)11(6-15)13(16)14-12(10)8(7)2/h4-6H,1-3H3,(H,14,16). The number of benzene rings is 1. The molecular weight excluding hydrogens is 202 g/mol. The van der Waals surface area contributed by atoms with Gasteiger partial charge >= 0.3 is 0 Å². The first-order valence-corrected chi connectivity index (χ1v) is 5.14. The number of carbonyl (C=O) groups is 1. The number of fused-ring (bicyclic) bond motifs is 1.